The number of hydrogen-bond donors (Lipinski definition) is 2. The first-order valence-electron chi connectivity index (χ1n) is 5.67. The molecule has 96 valence electrons. The van der Waals surface area contributed by atoms with E-state index >= 15 is 0 Å². The average molecular weight is 270 g/mol. The lowest BCUT2D eigenvalue weighted by molar-refractivity contribution is 0.135. The molecule has 2 aliphatic heterocycles. The minimum atomic E-state index is -0.869. The summed E-state index contributed by atoms with van der Waals surface area (Å²) in [5, 5.41) is 20.3. The largest absolute Gasteiger partial charge is 0.465 e. The summed E-state index contributed by atoms with van der Waals surface area (Å²) in [6.07, 6.45) is -0.869. The molecule has 3 rings (SSSR count). The van der Waals surface area contributed by atoms with Gasteiger partial charge in [0.05, 0.1) is 11.7 Å². The fraction of sp³-hybridized carbons (Fsp3) is 0.500. The molecule has 1 fully saturated rings. The van der Waals surface area contributed by atoms with Gasteiger partial charge < -0.3 is 20.2 Å². The van der Waals surface area contributed by atoms with Crippen LogP contribution in [0.4, 0.5) is 16.3 Å². The highest BCUT2D eigenvalue weighted by Gasteiger charge is 2.34. The van der Waals surface area contributed by atoms with E-state index in [1.165, 1.54) is 4.90 Å². The van der Waals surface area contributed by atoms with Gasteiger partial charge in [0, 0.05) is 32.2 Å². The van der Waals surface area contributed by atoms with E-state index < -0.39 is 6.09 Å². The van der Waals surface area contributed by atoms with E-state index in [9.17, 15) is 4.79 Å². The number of nitrogens with one attached hydrogen (secondary N) is 1. The smallest absolute Gasteiger partial charge is 0.407 e. The van der Waals surface area contributed by atoms with Gasteiger partial charge >= 0.3 is 6.09 Å². The van der Waals surface area contributed by atoms with Crippen molar-refractivity contribution in [2.45, 2.75) is 6.04 Å². The number of rotatable bonds is 0. The van der Waals surface area contributed by atoms with Gasteiger partial charge in [-0.1, -0.05) is 11.6 Å². The monoisotopic (exact) mass is 269 g/mol. The quantitative estimate of drug-likeness (QED) is 0.722. The summed E-state index contributed by atoms with van der Waals surface area (Å²) < 4.78 is 0. The molecule has 1 atom stereocenters. The summed E-state index contributed by atoms with van der Waals surface area (Å²) in [6.45, 7) is 2.29. The second-order valence-electron chi connectivity index (χ2n) is 4.36. The normalized spacial score (nSPS) is 21.9. The van der Waals surface area contributed by atoms with Gasteiger partial charge in [0.2, 0.25) is 0 Å². The predicted octanol–water partition coefficient (Wildman–Crippen LogP) is 0.724. The summed E-state index contributed by atoms with van der Waals surface area (Å²) in [5.41, 5.74) is 0.899. The Kier molecular flexibility index (Phi) is 2.62. The number of anilines is 2. The van der Waals surface area contributed by atoms with Crippen molar-refractivity contribution in [2.24, 2.45) is 0 Å². The summed E-state index contributed by atoms with van der Waals surface area (Å²) in [7, 11) is 0. The maximum atomic E-state index is 11.0. The van der Waals surface area contributed by atoms with Crippen LogP contribution in [0.3, 0.4) is 0 Å². The van der Waals surface area contributed by atoms with Crippen LogP contribution in [0.25, 0.3) is 0 Å². The first kappa shape index (κ1) is 11.3. The van der Waals surface area contributed by atoms with Gasteiger partial charge in [-0.2, -0.15) is 0 Å². The van der Waals surface area contributed by atoms with E-state index in [1.807, 2.05) is 0 Å². The van der Waals surface area contributed by atoms with E-state index in [0.717, 1.165) is 5.69 Å². The highest BCUT2D eigenvalue weighted by Crippen LogP contribution is 2.32. The summed E-state index contributed by atoms with van der Waals surface area (Å²) in [6, 6.07) is 1.88. The van der Waals surface area contributed by atoms with Crippen molar-refractivity contribution < 1.29 is 9.90 Å². The number of carboxylic acid groups (broad SMARTS) is 1. The lowest BCUT2D eigenvalue weighted by atomic mass is 10.1. The van der Waals surface area contributed by atoms with Crippen LogP contribution in [0.2, 0.25) is 5.15 Å². The summed E-state index contributed by atoms with van der Waals surface area (Å²) >= 11 is 5.85. The number of piperazine rings is 1. The average Bonchev–Trinajstić information content (AvgIpc) is 2.37. The number of amides is 1. The van der Waals surface area contributed by atoms with Crippen molar-refractivity contribution in [1.82, 2.24) is 15.1 Å². The van der Waals surface area contributed by atoms with Crippen LogP contribution in [0.5, 0.6) is 0 Å². The molecule has 0 spiro atoms. The van der Waals surface area contributed by atoms with Crippen LogP contribution in [-0.2, 0) is 0 Å². The van der Waals surface area contributed by atoms with Gasteiger partial charge in [-0.25, -0.2) is 4.79 Å². The molecule has 0 aromatic carbocycles. The third kappa shape index (κ3) is 1.80. The number of hydrogen-bond acceptors (Lipinski definition) is 5. The predicted molar refractivity (Wildman–Crippen MR) is 66.3 cm³/mol. The Labute approximate surface area is 108 Å². The van der Waals surface area contributed by atoms with Gasteiger partial charge in [0.1, 0.15) is 0 Å². The number of aromatic nitrogens is 2. The van der Waals surface area contributed by atoms with Crippen LogP contribution in [0, 0.1) is 0 Å². The second-order valence-corrected chi connectivity index (χ2v) is 4.74. The Morgan fingerprint density at radius 2 is 2.33 bits per heavy atom. The van der Waals surface area contributed by atoms with Gasteiger partial charge in [0.15, 0.2) is 11.0 Å². The van der Waals surface area contributed by atoms with E-state index in [0.29, 0.717) is 37.1 Å². The van der Waals surface area contributed by atoms with Crippen molar-refractivity contribution >= 4 is 29.2 Å². The molecule has 0 unspecified atom stereocenters. The first-order chi connectivity index (χ1) is 8.65. The lowest BCUT2D eigenvalue weighted by Gasteiger charge is -2.44. The molecule has 0 aliphatic carbocycles. The molecule has 8 heteroatoms. The molecule has 0 bridgehead atoms. The minimum absolute atomic E-state index is 0.114. The Morgan fingerprint density at radius 3 is 3.11 bits per heavy atom. The molecule has 18 heavy (non-hydrogen) atoms. The molecule has 1 aromatic rings. The van der Waals surface area contributed by atoms with E-state index in [2.05, 4.69) is 20.4 Å². The number of fused-ring (bicyclic) bond motifs is 3. The fourth-order valence-corrected chi connectivity index (χ4v) is 2.58. The highest BCUT2D eigenvalue weighted by molar-refractivity contribution is 6.29. The molecular weight excluding hydrogens is 258 g/mol. The van der Waals surface area contributed by atoms with Crippen LogP contribution in [-0.4, -0.2) is 58.5 Å². The zero-order chi connectivity index (χ0) is 12.7. The molecule has 1 saturated heterocycles. The number of nitrogens with zero attached hydrogens (tertiary/aromatic N) is 4. The van der Waals surface area contributed by atoms with E-state index in [4.69, 9.17) is 16.7 Å². The third-order valence-electron chi connectivity index (χ3n) is 3.31. The lowest BCUT2D eigenvalue weighted by Crippen LogP contribution is -2.58. The van der Waals surface area contributed by atoms with E-state index in [-0.39, 0.29) is 6.04 Å². The Hall–Kier alpha value is -1.76. The van der Waals surface area contributed by atoms with Crippen LogP contribution in [0.15, 0.2) is 6.07 Å². The van der Waals surface area contributed by atoms with Gasteiger partial charge in [-0.05, 0) is 0 Å². The van der Waals surface area contributed by atoms with Crippen LogP contribution >= 0.6 is 11.6 Å². The third-order valence-corrected chi connectivity index (χ3v) is 3.50. The fourth-order valence-electron chi connectivity index (χ4n) is 2.44. The van der Waals surface area contributed by atoms with Crippen molar-refractivity contribution in [3.05, 3.63) is 11.2 Å². The zero-order valence-electron chi connectivity index (χ0n) is 9.51. The Balaban J connectivity index is 1.88. The van der Waals surface area contributed by atoms with Crippen molar-refractivity contribution in [3.63, 3.8) is 0 Å². The Bertz CT molecular complexity index is 497. The van der Waals surface area contributed by atoms with Crippen LogP contribution in [0.1, 0.15) is 0 Å². The molecular formula is C10H12ClN5O2. The summed E-state index contributed by atoms with van der Waals surface area (Å²) in [5.74, 6) is 0.708. The molecule has 2 N–H and O–H groups in total. The maximum Gasteiger partial charge on any atom is 0.407 e. The minimum Gasteiger partial charge on any atom is -0.465 e. The molecule has 2 aliphatic rings. The topological polar surface area (TPSA) is 81.6 Å². The second kappa shape index (κ2) is 4.16. The van der Waals surface area contributed by atoms with Gasteiger partial charge in [-0.3, -0.25) is 0 Å². The standard InChI is InChI=1S/C10H12ClN5O2/c11-8-3-7-9(14-13-8)12-4-6-5-15(10(17)18)1-2-16(6)7/h3,6H,1-2,4-5H2,(H,12,14)(H,17,18)/t6-/m0/s1. The molecule has 3 heterocycles. The summed E-state index contributed by atoms with van der Waals surface area (Å²) in [4.78, 5) is 14.6. The van der Waals surface area contributed by atoms with Crippen molar-refractivity contribution in [1.29, 1.82) is 0 Å². The molecule has 0 saturated carbocycles. The molecule has 0 radical (unpaired) electrons. The first-order valence-corrected chi connectivity index (χ1v) is 6.04. The zero-order valence-corrected chi connectivity index (χ0v) is 10.3. The number of carbonyl (C=O) groups is 1. The Morgan fingerprint density at radius 1 is 1.50 bits per heavy atom. The maximum absolute atomic E-state index is 11.0. The van der Waals surface area contributed by atoms with Gasteiger partial charge in [-0.15, -0.1) is 10.2 Å². The van der Waals surface area contributed by atoms with Gasteiger partial charge in [0.25, 0.3) is 0 Å². The molecule has 1 amide bonds. The SMILES string of the molecule is O=C(O)N1CCN2c3cc(Cl)nnc3NC[C@H]2C1. The van der Waals surface area contributed by atoms with Crippen molar-refractivity contribution in [3.8, 4) is 0 Å². The molecule has 1 aromatic heterocycles. The highest BCUT2D eigenvalue weighted by atomic mass is 35.5. The van der Waals surface area contributed by atoms with Crippen LogP contribution < -0.4 is 10.2 Å². The molecule has 7 nitrogen and oxygen atoms in total. The van der Waals surface area contributed by atoms with Crippen molar-refractivity contribution in [2.75, 3.05) is 36.4 Å². The number of halogens is 1. The van der Waals surface area contributed by atoms with E-state index in [1.54, 1.807) is 6.07 Å².